The molecule has 0 aliphatic carbocycles. The third kappa shape index (κ3) is 7.19. The van der Waals surface area contributed by atoms with Crippen LogP contribution >= 0.6 is 45.2 Å². The maximum Gasteiger partial charge on any atom is 0.262 e. The molecule has 2 rings (SSSR count). The lowest BCUT2D eigenvalue weighted by atomic mass is 10.1. The van der Waals surface area contributed by atoms with Gasteiger partial charge in [-0.25, -0.2) is 0 Å². The summed E-state index contributed by atoms with van der Waals surface area (Å²) in [6.45, 7) is 6.49. The van der Waals surface area contributed by atoms with Gasteiger partial charge in [-0.2, -0.15) is 5.26 Å². The van der Waals surface area contributed by atoms with Crippen LogP contribution in [0.3, 0.4) is 0 Å². The topological polar surface area (TPSA) is 71.3 Å². The summed E-state index contributed by atoms with van der Waals surface area (Å²) in [6.07, 6.45) is 1.56. The second-order valence-corrected chi connectivity index (χ2v) is 8.88. The number of hydrogen-bond acceptors (Lipinski definition) is 4. The van der Waals surface area contributed by atoms with Gasteiger partial charge in [0.1, 0.15) is 18.2 Å². The Morgan fingerprint density at radius 1 is 1.21 bits per heavy atom. The molecule has 0 saturated heterocycles. The predicted molar refractivity (Wildman–Crippen MR) is 131 cm³/mol. The highest BCUT2D eigenvalue weighted by Crippen LogP contribution is 2.35. The Hall–Kier alpha value is -1.80. The summed E-state index contributed by atoms with van der Waals surface area (Å²) in [5, 5.41) is 12.1. The van der Waals surface area contributed by atoms with Gasteiger partial charge in [-0.3, -0.25) is 4.79 Å². The number of ether oxygens (including phenoxy) is 2. The van der Waals surface area contributed by atoms with Crippen LogP contribution in [-0.2, 0) is 11.4 Å². The van der Waals surface area contributed by atoms with Crippen molar-refractivity contribution in [2.45, 2.75) is 33.4 Å². The standard InChI is InChI=1S/C22H22I2N2O3/c1-4-28-20-11-16(9-17(12-25)22(27)26-14(2)3)10-19(24)21(20)29-13-15-5-7-18(23)8-6-15/h5-11,14H,4,13H2,1-3H3,(H,26,27)/b17-9-. The van der Waals surface area contributed by atoms with Crippen LogP contribution in [0.4, 0.5) is 0 Å². The van der Waals surface area contributed by atoms with Crippen molar-refractivity contribution in [3.8, 4) is 17.6 Å². The molecular weight excluding hydrogens is 594 g/mol. The van der Waals surface area contributed by atoms with Gasteiger partial charge in [0.15, 0.2) is 11.5 Å². The number of hydrogen-bond donors (Lipinski definition) is 1. The minimum atomic E-state index is -0.394. The summed E-state index contributed by atoms with van der Waals surface area (Å²) in [6, 6.07) is 13.7. The van der Waals surface area contributed by atoms with E-state index in [4.69, 9.17) is 9.47 Å². The molecule has 0 saturated carbocycles. The Balaban J connectivity index is 2.30. The van der Waals surface area contributed by atoms with Crippen molar-refractivity contribution in [3.63, 3.8) is 0 Å². The fraction of sp³-hybridized carbons (Fsp3) is 0.273. The van der Waals surface area contributed by atoms with Crippen molar-refractivity contribution < 1.29 is 14.3 Å². The van der Waals surface area contributed by atoms with Gasteiger partial charge >= 0.3 is 0 Å². The molecule has 5 nitrogen and oxygen atoms in total. The molecule has 152 valence electrons. The van der Waals surface area contributed by atoms with Gasteiger partial charge in [0.2, 0.25) is 0 Å². The Kier molecular flexibility index (Phi) is 9.23. The largest absolute Gasteiger partial charge is 0.490 e. The van der Waals surface area contributed by atoms with Crippen LogP contribution in [0.5, 0.6) is 11.5 Å². The molecule has 0 unspecified atom stereocenters. The molecule has 0 aliphatic heterocycles. The van der Waals surface area contributed by atoms with Crippen molar-refractivity contribution in [2.24, 2.45) is 0 Å². The summed E-state index contributed by atoms with van der Waals surface area (Å²) in [7, 11) is 0. The van der Waals surface area contributed by atoms with Crippen LogP contribution in [-0.4, -0.2) is 18.6 Å². The molecule has 0 fully saturated rings. The van der Waals surface area contributed by atoms with Crippen LogP contribution < -0.4 is 14.8 Å². The summed E-state index contributed by atoms with van der Waals surface area (Å²) in [4.78, 5) is 12.2. The third-order valence-corrected chi connectivity index (χ3v) is 5.24. The number of nitrogens with zero attached hydrogens (tertiary/aromatic N) is 1. The molecule has 0 radical (unpaired) electrons. The van der Waals surface area contributed by atoms with Crippen molar-refractivity contribution in [1.29, 1.82) is 5.26 Å². The Morgan fingerprint density at radius 2 is 1.90 bits per heavy atom. The molecule has 0 heterocycles. The number of carbonyl (C=O) groups is 1. The monoisotopic (exact) mass is 616 g/mol. The average Bonchev–Trinajstić information content (AvgIpc) is 2.66. The molecule has 0 aromatic heterocycles. The summed E-state index contributed by atoms with van der Waals surface area (Å²) < 4.78 is 13.8. The van der Waals surface area contributed by atoms with Gasteiger partial charge < -0.3 is 14.8 Å². The fourth-order valence-corrected chi connectivity index (χ4v) is 3.61. The maximum absolute atomic E-state index is 12.2. The number of benzene rings is 2. The molecule has 2 aromatic carbocycles. The lowest BCUT2D eigenvalue weighted by Gasteiger charge is -2.15. The van der Waals surface area contributed by atoms with Crippen LogP contribution in [0.15, 0.2) is 42.0 Å². The van der Waals surface area contributed by atoms with Gasteiger partial charge in [0, 0.05) is 9.61 Å². The highest BCUT2D eigenvalue weighted by molar-refractivity contribution is 14.1. The molecular formula is C22H22I2N2O3. The number of nitriles is 1. The third-order valence-electron chi connectivity index (χ3n) is 3.72. The van der Waals surface area contributed by atoms with E-state index in [1.54, 1.807) is 12.1 Å². The molecule has 0 aliphatic rings. The van der Waals surface area contributed by atoms with Crippen LogP contribution in [0.1, 0.15) is 31.9 Å². The Morgan fingerprint density at radius 3 is 2.48 bits per heavy atom. The lowest BCUT2D eigenvalue weighted by Crippen LogP contribution is -2.30. The van der Waals surface area contributed by atoms with Crippen molar-refractivity contribution in [1.82, 2.24) is 5.32 Å². The van der Waals surface area contributed by atoms with Crippen LogP contribution in [0.25, 0.3) is 6.08 Å². The smallest absolute Gasteiger partial charge is 0.262 e. The first kappa shape index (κ1) is 23.5. The molecule has 0 atom stereocenters. The molecule has 1 N–H and O–H groups in total. The number of amides is 1. The van der Waals surface area contributed by atoms with E-state index in [2.05, 4.69) is 50.5 Å². The van der Waals surface area contributed by atoms with Gasteiger partial charge in [-0.05, 0) is 107 Å². The van der Waals surface area contributed by atoms with Crippen molar-refractivity contribution >= 4 is 57.2 Å². The van der Waals surface area contributed by atoms with E-state index in [1.807, 2.05) is 57.2 Å². The van der Waals surface area contributed by atoms with E-state index in [9.17, 15) is 10.1 Å². The minimum absolute atomic E-state index is 0.0458. The SMILES string of the molecule is CCOc1cc(/C=C(/C#N)C(=O)NC(C)C)cc(I)c1OCc1ccc(I)cc1. The minimum Gasteiger partial charge on any atom is -0.490 e. The van der Waals surface area contributed by atoms with E-state index in [1.165, 1.54) is 3.57 Å². The van der Waals surface area contributed by atoms with Gasteiger partial charge in [0.05, 0.1) is 10.2 Å². The second kappa shape index (κ2) is 11.4. The molecule has 1 amide bonds. The Labute approximate surface area is 198 Å². The summed E-state index contributed by atoms with van der Waals surface area (Å²) >= 11 is 4.44. The first-order valence-electron chi connectivity index (χ1n) is 9.10. The molecule has 7 heteroatoms. The first-order chi connectivity index (χ1) is 13.8. The average molecular weight is 616 g/mol. The zero-order chi connectivity index (χ0) is 21.4. The van der Waals surface area contributed by atoms with Crippen molar-refractivity contribution in [3.05, 3.63) is 60.2 Å². The highest BCUT2D eigenvalue weighted by Gasteiger charge is 2.15. The van der Waals surface area contributed by atoms with E-state index in [-0.39, 0.29) is 11.6 Å². The molecule has 2 aromatic rings. The van der Waals surface area contributed by atoms with Gasteiger partial charge in [0.25, 0.3) is 5.91 Å². The number of halogens is 2. The molecule has 0 spiro atoms. The van der Waals surface area contributed by atoms with Crippen molar-refractivity contribution in [2.75, 3.05) is 6.61 Å². The fourth-order valence-electron chi connectivity index (χ4n) is 2.47. The lowest BCUT2D eigenvalue weighted by molar-refractivity contribution is -0.117. The quantitative estimate of drug-likeness (QED) is 0.248. The van der Waals surface area contributed by atoms with E-state index < -0.39 is 5.91 Å². The second-order valence-electron chi connectivity index (χ2n) is 6.48. The van der Waals surface area contributed by atoms with Crippen LogP contribution in [0.2, 0.25) is 0 Å². The van der Waals surface area contributed by atoms with E-state index >= 15 is 0 Å². The van der Waals surface area contributed by atoms with E-state index in [0.29, 0.717) is 30.3 Å². The number of rotatable bonds is 8. The first-order valence-corrected chi connectivity index (χ1v) is 11.3. The molecule has 0 bridgehead atoms. The normalized spacial score (nSPS) is 11.1. The maximum atomic E-state index is 12.2. The van der Waals surface area contributed by atoms with Crippen LogP contribution in [0, 0.1) is 18.5 Å². The highest BCUT2D eigenvalue weighted by atomic mass is 127. The predicted octanol–water partition coefficient (Wildman–Crippen LogP) is 5.31. The zero-order valence-corrected chi connectivity index (χ0v) is 20.8. The Bertz CT molecular complexity index is 932. The molecule has 29 heavy (non-hydrogen) atoms. The summed E-state index contributed by atoms with van der Waals surface area (Å²) in [5.41, 5.74) is 1.81. The van der Waals surface area contributed by atoms with Gasteiger partial charge in [-0.15, -0.1) is 0 Å². The number of nitrogens with one attached hydrogen (secondary N) is 1. The van der Waals surface area contributed by atoms with Gasteiger partial charge in [-0.1, -0.05) is 12.1 Å². The van der Waals surface area contributed by atoms with E-state index in [0.717, 1.165) is 9.13 Å². The zero-order valence-electron chi connectivity index (χ0n) is 16.5. The number of carbonyl (C=O) groups excluding carboxylic acids is 1. The summed E-state index contributed by atoms with van der Waals surface area (Å²) in [5.74, 6) is 0.834.